The second-order valence-corrected chi connectivity index (χ2v) is 16.3. The predicted molar refractivity (Wildman–Crippen MR) is 193 cm³/mol. The van der Waals surface area contributed by atoms with Gasteiger partial charge in [0.05, 0.1) is 41.6 Å². The first-order chi connectivity index (χ1) is 24.5. The van der Waals surface area contributed by atoms with Gasteiger partial charge in [-0.1, -0.05) is 12.5 Å². The van der Waals surface area contributed by atoms with E-state index in [0.717, 1.165) is 28.3 Å². The first kappa shape index (κ1) is 41.3. The normalized spacial score (nSPS) is 19.2. The summed E-state index contributed by atoms with van der Waals surface area (Å²) in [5.74, 6) is -0.859. The zero-order valence-electron chi connectivity index (χ0n) is 30.4. The summed E-state index contributed by atoms with van der Waals surface area (Å²) in [6, 6.07) is 8.84. The summed E-state index contributed by atoms with van der Waals surface area (Å²) in [5.41, 5.74) is 3.22. The van der Waals surface area contributed by atoms with Crippen LogP contribution in [0.25, 0.3) is 0 Å². The number of hydrogen-bond acceptors (Lipinski definition) is 11. The van der Waals surface area contributed by atoms with E-state index in [-0.39, 0.29) is 16.2 Å². The predicted octanol–water partition coefficient (Wildman–Crippen LogP) is 4.82. The van der Waals surface area contributed by atoms with Crippen LogP contribution in [0.1, 0.15) is 70.9 Å². The van der Waals surface area contributed by atoms with E-state index in [1.165, 1.54) is 24.3 Å². The lowest BCUT2D eigenvalue weighted by Crippen LogP contribution is -2.31. The molecule has 2 aliphatic rings. The standard InChI is InChI=1S/C37H50N2O11S2/c1-6-38-31-16-14-27(51(42,43)44)25-29(31)36(2,3)33(38)11-10-12-34-37(4,18-20-49-23-24-50-22-21-48-5)30-26-28(52(45,46)47)15-17-32(30)39(34)19-9-7-8-13-35(40)41/h10-12,14-17,25-26H,6-9,13,18-24H2,1-5H3,(H2-,40,41,42,43,44,45,46,47)/p-1. The monoisotopic (exact) mass is 761 g/mol. The molecule has 1 unspecified atom stereocenters. The van der Waals surface area contributed by atoms with Crippen molar-refractivity contribution in [1.82, 2.24) is 0 Å². The van der Waals surface area contributed by atoms with Crippen LogP contribution in [0.4, 0.5) is 11.4 Å². The summed E-state index contributed by atoms with van der Waals surface area (Å²) in [6.07, 6.45) is 8.16. The highest BCUT2D eigenvalue weighted by molar-refractivity contribution is 7.86. The van der Waals surface area contributed by atoms with Crippen molar-refractivity contribution in [1.29, 1.82) is 0 Å². The van der Waals surface area contributed by atoms with Crippen LogP contribution in [-0.4, -0.2) is 101 Å². The van der Waals surface area contributed by atoms with Crippen molar-refractivity contribution in [2.24, 2.45) is 0 Å². The van der Waals surface area contributed by atoms with Gasteiger partial charge in [0.15, 0.2) is 5.71 Å². The van der Waals surface area contributed by atoms with E-state index < -0.39 is 37.0 Å². The molecular weight excluding hydrogens is 713 g/mol. The van der Waals surface area contributed by atoms with Crippen molar-refractivity contribution in [2.45, 2.75) is 80.4 Å². The van der Waals surface area contributed by atoms with Crippen molar-refractivity contribution in [2.75, 3.05) is 58.1 Å². The fourth-order valence-electron chi connectivity index (χ4n) is 7.04. The minimum atomic E-state index is -4.75. The van der Waals surface area contributed by atoms with E-state index in [2.05, 4.69) is 9.48 Å². The van der Waals surface area contributed by atoms with E-state index in [1.807, 2.05) is 45.9 Å². The lowest BCUT2D eigenvalue weighted by Gasteiger charge is -2.30. The molecule has 0 saturated carbocycles. The molecule has 1 N–H and O–H groups in total. The Morgan fingerprint density at radius 1 is 0.885 bits per heavy atom. The number of ether oxygens (including phenoxy) is 3. The van der Waals surface area contributed by atoms with Crippen LogP contribution in [0, 0.1) is 0 Å². The summed E-state index contributed by atoms with van der Waals surface area (Å²) in [7, 11) is -7.81. The topological polar surface area (TPSA) is 186 Å². The highest BCUT2D eigenvalue weighted by atomic mass is 32.2. The lowest BCUT2D eigenvalue weighted by atomic mass is 9.78. The molecule has 2 aromatic carbocycles. The number of methoxy groups -OCH3 is 1. The second kappa shape index (κ2) is 17.1. The van der Waals surface area contributed by atoms with Crippen LogP contribution in [0.5, 0.6) is 0 Å². The fraction of sp³-hybridized carbons (Fsp3) is 0.514. The molecule has 0 spiro atoms. The molecule has 52 heavy (non-hydrogen) atoms. The molecule has 0 amide bonds. The van der Waals surface area contributed by atoms with Crippen LogP contribution in [0.2, 0.25) is 0 Å². The van der Waals surface area contributed by atoms with Crippen molar-refractivity contribution >= 4 is 43.3 Å². The summed E-state index contributed by atoms with van der Waals surface area (Å²) in [5, 5.41) is 9.13. The highest BCUT2D eigenvalue weighted by Crippen LogP contribution is 2.51. The van der Waals surface area contributed by atoms with Crippen LogP contribution in [0.15, 0.2) is 70.1 Å². The molecule has 286 valence electrons. The molecule has 2 heterocycles. The minimum absolute atomic E-state index is 0.0595. The smallest absolute Gasteiger partial charge is 0.303 e. The zero-order valence-corrected chi connectivity index (χ0v) is 32.1. The third-order valence-electron chi connectivity index (χ3n) is 9.80. The Kier molecular flexibility index (Phi) is 13.6. The Balaban J connectivity index is 1.74. The average molecular weight is 762 g/mol. The van der Waals surface area contributed by atoms with E-state index in [1.54, 1.807) is 19.2 Å². The number of carboxylic acid groups (broad SMARTS) is 1. The Bertz CT molecular complexity index is 1940. The molecule has 0 aromatic heterocycles. The van der Waals surface area contributed by atoms with Gasteiger partial charge in [-0.15, -0.1) is 0 Å². The first-order valence-corrected chi connectivity index (χ1v) is 20.2. The van der Waals surface area contributed by atoms with E-state index in [9.17, 15) is 30.7 Å². The van der Waals surface area contributed by atoms with Crippen molar-refractivity contribution in [3.05, 3.63) is 71.5 Å². The summed E-state index contributed by atoms with van der Waals surface area (Å²) >= 11 is 0. The third kappa shape index (κ3) is 9.37. The van der Waals surface area contributed by atoms with Gasteiger partial charge in [0.2, 0.25) is 5.69 Å². The Labute approximate surface area is 307 Å². The molecule has 13 nitrogen and oxygen atoms in total. The molecule has 0 bridgehead atoms. The molecule has 4 rings (SSSR count). The van der Waals surface area contributed by atoms with Crippen LogP contribution >= 0.6 is 0 Å². The summed E-state index contributed by atoms with van der Waals surface area (Å²) < 4.78 is 90.6. The van der Waals surface area contributed by atoms with Gasteiger partial charge in [-0.25, -0.2) is 16.8 Å². The van der Waals surface area contributed by atoms with Crippen molar-refractivity contribution < 1.29 is 54.6 Å². The van der Waals surface area contributed by atoms with Crippen molar-refractivity contribution in [3.63, 3.8) is 0 Å². The van der Waals surface area contributed by atoms with Crippen LogP contribution in [0.3, 0.4) is 0 Å². The van der Waals surface area contributed by atoms with E-state index in [0.29, 0.717) is 77.4 Å². The van der Waals surface area contributed by atoms with Crippen LogP contribution < -0.4 is 4.90 Å². The Morgan fingerprint density at radius 3 is 2.12 bits per heavy atom. The number of fused-ring (bicyclic) bond motifs is 2. The molecule has 0 radical (unpaired) electrons. The molecule has 0 aliphatic carbocycles. The van der Waals surface area contributed by atoms with Gasteiger partial charge in [0, 0.05) is 61.2 Å². The van der Waals surface area contributed by atoms with Gasteiger partial charge in [-0.3, -0.25) is 4.79 Å². The summed E-state index contributed by atoms with van der Waals surface area (Å²) in [4.78, 5) is 12.6. The number of carboxylic acids is 1. The van der Waals surface area contributed by atoms with Gasteiger partial charge < -0.3 is 33.3 Å². The quantitative estimate of drug-likeness (QED) is 0.110. The third-order valence-corrected chi connectivity index (χ3v) is 11.5. The molecule has 0 saturated heterocycles. The maximum absolute atomic E-state index is 12.2. The average Bonchev–Trinajstić information content (AvgIpc) is 3.43. The number of hydrogen-bond donors (Lipinski definition) is 1. The van der Waals surface area contributed by atoms with Crippen molar-refractivity contribution in [3.8, 4) is 0 Å². The Morgan fingerprint density at radius 2 is 1.50 bits per heavy atom. The molecular formula is C37H49N2O11S2-. The maximum Gasteiger partial charge on any atom is 0.303 e. The fourth-order valence-corrected chi connectivity index (χ4v) is 8.03. The first-order valence-electron chi connectivity index (χ1n) is 17.3. The van der Waals surface area contributed by atoms with Crippen LogP contribution in [-0.2, 0) is 50.1 Å². The Hall–Kier alpha value is -3.44. The highest BCUT2D eigenvalue weighted by Gasteiger charge is 2.45. The number of nitrogens with zero attached hydrogens (tertiary/aromatic N) is 2. The van der Waals surface area contributed by atoms with Gasteiger partial charge in [0.25, 0.3) is 0 Å². The number of aliphatic carboxylic acids is 1. The zero-order chi connectivity index (χ0) is 38.3. The number of anilines is 1. The SMILES string of the molecule is CC[N+]1=C(C=CC=C2N(CCCCCC(=O)O)c3ccc(S(=O)(=O)[O-])cc3C2(C)CCOCCOCCOC)C(C)(C)c2cc(S(=O)(=O)[O-])ccc21. The number of carbonyl (C=O) groups is 1. The maximum atomic E-state index is 12.2. The number of unbranched alkanes of at least 4 members (excludes halogenated alkanes) is 2. The molecule has 0 fully saturated rings. The number of benzene rings is 2. The minimum Gasteiger partial charge on any atom is -0.744 e. The largest absolute Gasteiger partial charge is 0.744 e. The molecule has 2 aromatic rings. The molecule has 1 atom stereocenters. The number of allylic oxidation sites excluding steroid dienone is 4. The van der Waals surface area contributed by atoms with E-state index >= 15 is 0 Å². The van der Waals surface area contributed by atoms with E-state index in [4.69, 9.17) is 19.3 Å². The van der Waals surface area contributed by atoms with Gasteiger partial charge >= 0.3 is 5.97 Å². The molecule has 15 heteroatoms. The molecule has 2 aliphatic heterocycles. The van der Waals surface area contributed by atoms with Gasteiger partial charge in [-0.05, 0) is 88.9 Å². The van der Waals surface area contributed by atoms with Gasteiger partial charge in [-0.2, -0.15) is 4.58 Å². The van der Waals surface area contributed by atoms with Gasteiger partial charge in [0.1, 0.15) is 26.8 Å². The number of rotatable bonds is 20. The second-order valence-electron chi connectivity index (χ2n) is 13.6. The summed E-state index contributed by atoms with van der Waals surface area (Å²) in [6.45, 7) is 10.9. The lowest BCUT2D eigenvalue weighted by molar-refractivity contribution is -0.433.